The van der Waals surface area contributed by atoms with Crippen LogP contribution in [-0.2, 0) is 4.79 Å². The Labute approximate surface area is 189 Å². The topological polar surface area (TPSA) is 68.0 Å². The number of nitrogens with one attached hydrogen (secondary N) is 1. The van der Waals surface area contributed by atoms with E-state index in [0.29, 0.717) is 38.6 Å². The highest BCUT2D eigenvalue weighted by Crippen LogP contribution is 2.48. The first-order valence-electron chi connectivity index (χ1n) is 9.84. The molecule has 4 aromatic rings. The van der Waals surface area contributed by atoms with E-state index in [-0.39, 0.29) is 17.7 Å². The summed E-state index contributed by atoms with van der Waals surface area (Å²) >= 11 is 12.1. The summed E-state index contributed by atoms with van der Waals surface area (Å²) in [6.07, 6.45) is 0.847. The van der Waals surface area contributed by atoms with Crippen molar-refractivity contribution in [2.24, 2.45) is 5.92 Å². The lowest BCUT2D eigenvalue weighted by molar-refractivity contribution is -0.117. The number of benzene rings is 3. The molecule has 1 fully saturated rings. The molecule has 1 aliphatic rings. The van der Waals surface area contributed by atoms with Crippen molar-refractivity contribution in [3.8, 4) is 22.9 Å². The summed E-state index contributed by atoms with van der Waals surface area (Å²) < 4.78 is 5.86. The van der Waals surface area contributed by atoms with Crippen LogP contribution in [0.15, 0.2) is 77.2 Å². The zero-order chi connectivity index (χ0) is 21.4. The number of carbonyl (C=O) groups excluding carboxylic acids is 1. The standard InChI is InChI=1S/C24H17Cl2N3O2/c25-19-11-10-15(12-20(19)26)23-28-29-24(31-23)16-8-4-5-9-21(16)27-22(30)18-13-17(18)14-6-2-1-3-7-14/h1-12,17-18H,13H2,(H,27,30)/t17-,18+/m0/s1. The number of aromatic nitrogens is 2. The predicted molar refractivity (Wildman–Crippen MR) is 121 cm³/mol. The lowest BCUT2D eigenvalue weighted by Gasteiger charge is -2.08. The van der Waals surface area contributed by atoms with Gasteiger partial charge in [-0.05, 0) is 48.2 Å². The zero-order valence-corrected chi connectivity index (χ0v) is 17.8. The van der Waals surface area contributed by atoms with E-state index in [9.17, 15) is 4.79 Å². The molecule has 0 radical (unpaired) electrons. The molecule has 2 atom stereocenters. The first-order valence-corrected chi connectivity index (χ1v) is 10.6. The van der Waals surface area contributed by atoms with Gasteiger partial charge >= 0.3 is 0 Å². The smallest absolute Gasteiger partial charge is 0.250 e. The number of anilines is 1. The quantitative estimate of drug-likeness (QED) is 0.379. The number of hydrogen-bond acceptors (Lipinski definition) is 4. The number of nitrogens with zero attached hydrogens (tertiary/aromatic N) is 2. The molecule has 1 heterocycles. The fraction of sp³-hybridized carbons (Fsp3) is 0.125. The summed E-state index contributed by atoms with van der Waals surface area (Å²) in [6, 6.07) is 22.6. The molecule has 0 spiro atoms. The minimum Gasteiger partial charge on any atom is -0.416 e. The van der Waals surface area contributed by atoms with Crippen LogP contribution in [0.5, 0.6) is 0 Å². The van der Waals surface area contributed by atoms with E-state index >= 15 is 0 Å². The molecular formula is C24H17Cl2N3O2. The van der Waals surface area contributed by atoms with E-state index in [1.807, 2.05) is 42.5 Å². The average Bonchev–Trinajstić information content (AvgIpc) is 3.46. The van der Waals surface area contributed by atoms with Gasteiger partial charge in [0.15, 0.2) is 0 Å². The van der Waals surface area contributed by atoms with Gasteiger partial charge in [-0.2, -0.15) is 0 Å². The van der Waals surface area contributed by atoms with Crippen LogP contribution in [0.25, 0.3) is 22.9 Å². The summed E-state index contributed by atoms with van der Waals surface area (Å²) in [6.45, 7) is 0. The second kappa shape index (κ2) is 8.17. The lowest BCUT2D eigenvalue weighted by Crippen LogP contribution is -2.15. The molecule has 7 heteroatoms. The van der Waals surface area contributed by atoms with Crippen molar-refractivity contribution in [3.63, 3.8) is 0 Å². The normalized spacial score (nSPS) is 17.4. The Bertz CT molecular complexity index is 1260. The Morgan fingerprint density at radius 3 is 2.45 bits per heavy atom. The molecule has 154 valence electrons. The monoisotopic (exact) mass is 449 g/mol. The first kappa shape index (κ1) is 19.8. The van der Waals surface area contributed by atoms with Crippen LogP contribution in [-0.4, -0.2) is 16.1 Å². The summed E-state index contributed by atoms with van der Waals surface area (Å²) in [5, 5.41) is 12.2. The summed E-state index contributed by atoms with van der Waals surface area (Å²) in [4.78, 5) is 12.8. The molecule has 1 aromatic heterocycles. The van der Waals surface area contributed by atoms with Crippen molar-refractivity contribution in [2.45, 2.75) is 12.3 Å². The third-order valence-corrected chi connectivity index (χ3v) is 6.10. The maximum absolute atomic E-state index is 12.8. The largest absolute Gasteiger partial charge is 0.416 e. The van der Waals surface area contributed by atoms with Crippen molar-refractivity contribution < 1.29 is 9.21 Å². The first-order chi connectivity index (χ1) is 15.1. The van der Waals surface area contributed by atoms with Gasteiger partial charge in [0.05, 0.1) is 21.3 Å². The highest BCUT2D eigenvalue weighted by atomic mass is 35.5. The van der Waals surface area contributed by atoms with E-state index in [4.69, 9.17) is 27.6 Å². The van der Waals surface area contributed by atoms with Crippen LogP contribution in [0.4, 0.5) is 5.69 Å². The van der Waals surface area contributed by atoms with Gasteiger partial charge in [0, 0.05) is 11.5 Å². The number of hydrogen-bond donors (Lipinski definition) is 1. The Kier molecular flexibility index (Phi) is 5.22. The molecule has 0 saturated heterocycles. The van der Waals surface area contributed by atoms with Crippen molar-refractivity contribution in [3.05, 3.63) is 88.4 Å². The van der Waals surface area contributed by atoms with Gasteiger partial charge in [-0.1, -0.05) is 65.7 Å². The Balaban J connectivity index is 1.36. The molecule has 1 saturated carbocycles. The van der Waals surface area contributed by atoms with Gasteiger partial charge in [0.25, 0.3) is 0 Å². The summed E-state index contributed by atoms with van der Waals surface area (Å²) in [5.74, 6) is 0.849. The van der Waals surface area contributed by atoms with E-state index < -0.39 is 0 Å². The van der Waals surface area contributed by atoms with E-state index in [0.717, 1.165) is 6.42 Å². The second-order valence-corrected chi connectivity index (χ2v) is 8.25. The summed E-state index contributed by atoms with van der Waals surface area (Å²) in [5.41, 5.74) is 3.15. The maximum Gasteiger partial charge on any atom is 0.250 e. The molecule has 5 nitrogen and oxygen atoms in total. The number of para-hydroxylation sites is 1. The van der Waals surface area contributed by atoms with Gasteiger partial charge < -0.3 is 9.73 Å². The lowest BCUT2D eigenvalue weighted by atomic mass is 10.1. The van der Waals surface area contributed by atoms with E-state index in [2.05, 4.69) is 27.6 Å². The number of carbonyl (C=O) groups is 1. The fourth-order valence-corrected chi connectivity index (χ4v) is 3.93. The van der Waals surface area contributed by atoms with Crippen LogP contribution < -0.4 is 5.32 Å². The van der Waals surface area contributed by atoms with Crippen LogP contribution in [0.2, 0.25) is 10.0 Å². The molecule has 1 aliphatic carbocycles. The van der Waals surface area contributed by atoms with E-state index in [1.54, 1.807) is 18.2 Å². The van der Waals surface area contributed by atoms with Crippen LogP contribution in [0.1, 0.15) is 17.9 Å². The van der Waals surface area contributed by atoms with Crippen molar-refractivity contribution in [1.29, 1.82) is 0 Å². The van der Waals surface area contributed by atoms with Gasteiger partial charge in [-0.3, -0.25) is 4.79 Å². The Morgan fingerprint density at radius 2 is 1.65 bits per heavy atom. The number of halogens is 2. The summed E-state index contributed by atoms with van der Waals surface area (Å²) in [7, 11) is 0. The Morgan fingerprint density at radius 1 is 0.903 bits per heavy atom. The minimum absolute atomic E-state index is 0.00877. The Hall–Kier alpha value is -3.15. The molecular weight excluding hydrogens is 433 g/mol. The molecule has 3 aromatic carbocycles. The minimum atomic E-state index is -0.0371. The van der Waals surface area contributed by atoms with Gasteiger partial charge in [-0.15, -0.1) is 10.2 Å². The molecule has 0 bridgehead atoms. The SMILES string of the molecule is O=C(Nc1ccccc1-c1nnc(-c2ccc(Cl)c(Cl)c2)o1)[C@@H]1C[C@H]1c1ccccc1. The molecule has 0 unspecified atom stereocenters. The third-order valence-electron chi connectivity index (χ3n) is 5.36. The van der Waals surface area contributed by atoms with Gasteiger partial charge in [0.2, 0.25) is 17.7 Å². The van der Waals surface area contributed by atoms with Crippen molar-refractivity contribution in [1.82, 2.24) is 10.2 Å². The zero-order valence-electron chi connectivity index (χ0n) is 16.3. The molecule has 0 aliphatic heterocycles. The van der Waals surface area contributed by atoms with Gasteiger partial charge in [-0.25, -0.2) is 0 Å². The third kappa shape index (κ3) is 4.07. The van der Waals surface area contributed by atoms with Crippen LogP contribution in [0.3, 0.4) is 0 Å². The molecule has 31 heavy (non-hydrogen) atoms. The van der Waals surface area contributed by atoms with E-state index in [1.165, 1.54) is 5.56 Å². The molecule has 1 amide bonds. The van der Waals surface area contributed by atoms with Crippen LogP contribution in [0, 0.1) is 5.92 Å². The second-order valence-electron chi connectivity index (χ2n) is 7.44. The van der Waals surface area contributed by atoms with Crippen molar-refractivity contribution >= 4 is 34.8 Å². The molecule has 1 N–H and O–H groups in total. The van der Waals surface area contributed by atoms with Crippen LogP contribution >= 0.6 is 23.2 Å². The van der Waals surface area contributed by atoms with Gasteiger partial charge in [0.1, 0.15) is 0 Å². The predicted octanol–water partition coefficient (Wildman–Crippen LogP) is 6.45. The highest BCUT2D eigenvalue weighted by Gasteiger charge is 2.44. The molecule has 5 rings (SSSR count). The number of amides is 1. The maximum atomic E-state index is 12.8. The van der Waals surface area contributed by atoms with Crippen molar-refractivity contribution in [2.75, 3.05) is 5.32 Å². The fourth-order valence-electron chi connectivity index (χ4n) is 3.64. The highest BCUT2D eigenvalue weighted by molar-refractivity contribution is 6.42. The average molecular weight is 450 g/mol. The number of rotatable bonds is 5.